The highest BCUT2D eigenvalue weighted by molar-refractivity contribution is 5.94. The molecule has 0 aliphatic carbocycles. The van der Waals surface area contributed by atoms with Gasteiger partial charge in [0.1, 0.15) is 23.7 Å². The van der Waals surface area contributed by atoms with Gasteiger partial charge >= 0.3 is 0 Å². The van der Waals surface area contributed by atoms with E-state index in [1.54, 1.807) is 12.1 Å². The maximum atomic E-state index is 12.8. The van der Waals surface area contributed by atoms with E-state index in [1.807, 2.05) is 30.9 Å². The highest BCUT2D eigenvalue weighted by atomic mass is 16.6. The fourth-order valence-electron chi connectivity index (χ4n) is 2.90. The lowest BCUT2D eigenvalue weighted by Crippen LogP contribution is -2.31. The number of carbonyl (C=O) groups excluding carboxylic acids is 1. The minimum Gasteiger partial charge on any atom is -0.489 e. The van der Waals surface area contributed by atoms with Crippen LogP contribution in [0.1, 0.15) is 47.6 Å². The molecule has 0 N–H and O–H groups in total. The van der Waals surface area contributed by atoms with Gasteiger partial charge in [0.2, 0.25) is 0 Å². The zero-order valence-corrected chi connectivity index (χ0v) is 14.0. The number of hydrogen-bond donors (Lipinski definition) is 0. The molecule has 2 aromatic rings. The molecule has 1 fully saturated rings. The second-order valence-corrected chi connectivity index (χ2v) is 6.16. The lowest BCUT2D eigenvalue weighted by molar-refractivity contribution is 0.0730. The minimum atomic E-state index is -0.0666. The van der Waals surface area contributed by atoms with Crippen molar-refractivity contribution in [3.8, 4) is 5.75 Å². The Kier molecular flexibility index (Phi) is 4.64. The Bertz CT molecular complexity index is 736. The average Bonchev–Trinajstić information content (AvgIpc) is 3.21. The highest BCUT2D eigenvalue weighted by Gasteiger charge is 2.33. The average molecular weight is 327 g/mol. The number of benzene rings is 1. The first-order chi connectivity index (χ1) is 11.6. The summed E-state index contributed by atoms with van der Waals surface area (Å²) in [7, 11) is 0. The zero-order valence-electron chi connectivity index (χ0n) is 14.0. The van der Waals surface area contributed by atoms with E-state index in [9.17, 15) is 4.79 Å². The topological polar surface area (TPSA) is 68.5 Å². The van der Waals surface area contributed by atoms with Crippen molar-refractivity contribution >= 4 is 5.91 Å². The standard InChI is InChI=1S/C18H21N3O3/c1-12(2)11-23-15-8-6-14(7-9-15)18(22)21-10-4-5-16(21)17-13(3)19-24-20-17/h6-9,16H,1,4-5,10-11H2,2-3H3/t16-/m0/s1. The van der Waals surface area contributed by atoms with Crippen molar-refractivity contribution in [3.05, 3.63) is 53.4 Å². The van der Waals surface area contributed by atoms with Crippen molar-refractivity contribution in [1.82, 2.24) is 15.2 Å². The number of aromatic nitrogens is 2. The Morgan fingerprint density at radius 3 is 2.75 bits per heavy atom. The molecule has 3 rings (SSSR count). The molecule has 1 aliphatic rings. The summed E-state index contributed by atoms with van der Waals surface area (Å²) in [5, 5.41) is 7.80. The monoisotopic (exact) mass is 327 g/mol. The molecule has 0 radical (unpaired) electrons. The quantitative estimate of drug-likeness (QED) is 0.788. The van der Waals surface area contributed by atoms with Crippen LogP contribution in [0.5, 0.6) is 5.75 Å². The molecule has 1 amide bonds. The summed E-state index contributed by atoms with van der Waals surface area (Å²) >= 11 is 0. The predicted molar refractivity (Wildman–Crippen MR) is 88.8 cm³/mol. The second-order valence-electron chi connectivity index (χ2n) is 6.16. The van der Waals surface area contributed by atoms with Gasteiger partial charge in [0, 0.05) is 12.1 Å². The van der Waals surface area contributed by atoms with E-state index in [2.05, 4.69) is 16.9 Å². The highest BCUT2D eigenvalue weighted by Crippen LogP contribution is 2.33. The molecule has 6 nitrogen and oxygen atoms in total. The molecule has 1 aromatic heterocycles. The van der Waals surface area contributed by atoms with Gasteiger partial charge in [-0.05, 0) is 56.5 Å². The van der Waals surface area contributed by atoms with Gasteiger partial charge in [0.05, 0.1) is 6.04 Å². The number of amides is 1. The molecule has 1 atom stereocenters. The van der Waals surface area contributed by atoms with Gasteiger partial charge in [-0.25, -0.2) is 4.63 Å². The summed E-state index contributed by atoms with van der Waals surface area (Å²) in [6.45, 7) is 8.74. The first kappa shape index (κ1) is 16.2. The number of nitrogens with zero attached hydrogens (tertiary/aromatic N) is 3. The molecule has 1 aliphatic heterocycles. The van der Waals surface area contributed by atoms with E-state index in [0.717, 1.165) is 35.6 Å². The lowest BCUT2D eigenvalue weighted by atomic mass is 10.1. The molecule has 6 heteroatoms. The van der Waals surface area contributed by atoms with Gasteiger partial charge in [-0.2, -0.15) is 0 Å². The van der Waals surface area contributed by atoms with Crippen molar-refractivity contribution in [2.24, 2.45) is 0 Å². The van der Waals surface area contributed by atoms with Gasteiger partial charge in [-0.3, -0.25) is 4.79 Å². The SMILES string of the molecule is C=C(C)COc1ccc(C(=O)N2CCC[C@H]2c2nonc2C)cc1. The van der Waals surface area contributed by atoms with Gasteiger partial charge in [-0.15, -0.1) is 0 Å². The molecule has 24 heavy (non-hydrogen) atoms. The molecule has 126 valence electrons. The van der Waals surface area contributed by atoms with Crippen molar-refractivity contribution in [1.29, 1.82) is 0 Å². The molecule has 0 spiro atoms. The van der Waals surface area contributed by atoms with Crippen LogP contribution >= 0.6 is 0 Å². The fraction of sp³-hybridized carbons (Fsp3) is 0.389. The summed E-state index contributed by atoms with van der Waals surface area (Å²) in [5.41, 5.74) is 3.08. The molecular formula is C18H21N3O3. The third-order valence-electron chi connectivity index (χ3n) is 4.10. The Labute approximate surface area is 141 Å². The number of rotatable bonds is 5. The van der Waals surface area contributed by atoms with E-state index >= 15 is 0 Å². The molecule has 1 saturated heterocycles. The first-order valence-electron chi connectivity index (χ1n) is 8.03. The number of carbonyl (C=O) groups is 1. The number of hydrogen-bond acceptors (Lipinski definition) is 5. The van der Waals surface area contributed by atoms with Crippen LogP contribution in [0.15, 0.2) is 41.0 Å². The lowest BCUT2D eigenvalue weighted by Gasteiger charge is -2.23. The van der Waals surface area contributed by atoms with Crippen molar-refractivity contribution in [2.75, 3.05) is 13.2 Å². The van der Waals surface area contributed by atoms with E-state index < -0.39 is 0 Å². The molecule has 0 bridgehead atoms. The van der Waals surface area contributed by atoms with Crippen LogP contribution in [0.2, 0.25) is 0 Å². The fourth-order valence-corrected chi connectivity index (χ4v) is 2.90. The third kappa shape index (κ3) is 3.32. The van der Waals surface area contributed by atoms with Crippen molar-refractivity contribution < 1.29 is 14.2 Å². The smallest absolute Gasteiger partial charge is 0.254 e. The normalized spacial score (nSPS) is 17.1. The van der Waals surface area contributed by atoms with E-state index in [-0.39, 0.29) is 11.9 Å². The van der Waals surface area contributed by atoms with Gasteiger partial charge in [-0.1, -0.05) is 16.9 Å². The second kappa shape index (κ2) is 6.86. The van der Waals surface area contributed by atoms with Gasteiger partial charge in [0.15, 0.2) is 0 Å². The summed E-state index contributed by atoms with van der Waals surface area (Å²) in [6, 6.07) is 7.13. The zero-order chi connectivity index (χ0) is 17.1. The van der Waals surface area contributed by atoms with E-state index in [0.29, 0.717) is 18.7 Å². The first-order valence-corrected chi connectivity index (χ1v) is 8.03. The Morgan fingerprint density at radius 1 is 1.38 bits per heavy atom. The minimum absolute atomic E-state index is 0.00801. The maximum Gasteiger partial charge on any atom is 0.254 e. The van der Waals surface area contributed by atoms with Crippen LogP contribution in [-0.2, 0) is 0 Å². The van der Waals surface area contributed by atoms with Crippen LogP contribution in [0.3, 0.4) is 0 Å². The van der Waals surface area contributed by atoms with Crippen LogP contribution < -0.4 is 4.74 Å². The predicted octanol–water partition coefficient (Wildman–Crippen LogP) is 3.31. The molecule has 2 heterocycles. The maximum absolute atomic E-state index is 12.8. The Morgan fingerprint density at radius 2 is 2.12 bits per heavy atom. The summed E-state index contributed by atoms with van der Waals surface area (Å²) in [6.07, 6.45) is 1.82. The number of aryl methyl sites for hydroxylation is 1. The van der Waals surface area contributed by atoms with Crippen LogP contribution in [0, 0.1) is 6.92 Å². The summed E-state index contributed by atoms with van der Waals surface area (Å²) in [5.74, 6) is 0.718. The number of likely N-dealkylation sites (tertiary alicyclic amines) is 1. The van der Waals surface area contributed by atoms with Crippen LogP contribution in [-0.4, -0.2) is 34.3 Å². The van der Waals surface area contributed by atoms with Crippen LogP contribution in [0.4, 0.5) is 0 Å². The van der Waals surface area contributed by atoms with Gasteiger partial charge in [0.25, 0.3) is 5.91 Å². The molecule has 0 saturated carbocycles. The largest absolute Gasteiger partial charge is 0.489 e. The molecule has 1 aromatic carbocycles. The van der Waals surface area contributed by atoms with E-state index in [1.165, 1.54) is 0 Å². The Hall–Kier alpha value is -2.63. The molecular weight excluding hydrogens is 306 g/mol. The summed E-state index contributed by atoms with van der Waals surface area (Å²) in [4.78, 5) is 14.7. The van der Waals surface area contributed by atoms with Crippen LogP contribution in [0.25, 0.3) is 0 Å². The molecule has 0 unspecified atom stereocenters. The number of ether oxygens (including phenoxy) is 1. The summed E-state index contributed by atoms with van der Waals surface area (Å²) < 4.78 is 10.4. The van der Waals surface area contributed by atoms with E-state index in [4.69, 9.17) is 9.37 Å². The van der Waals surface area contributed by atoms with Crippen molar-refractivity contribution in [3.63, 3.8) is 0 Å². The van der Waals surface area contributed by atoms with Gasteiger partial charge < -0.3 is 9.64 Å². The third-order valence-corrected chi connectivity index (χ3v) is 4.10. The Balaban J connectivity index is 1.73. The van der Waals surface area contributed by atoms with Crippen molar-refractivity contribution in [2.45, 2.75) is 32.7 Å².